The van der Waals surface area contributed by atoms with E-state index in [1.165, 1.54) is 32.4 Å². The van der Waals surface area contributed by atoms with E-state index in [9.17, 15) is 9.59 Å². The fourth-order valence-electron chi connectivity index (χ4n) is 3.24. The number of carbonyl (C=O) groups excluding carboxylic acids is 2. The second kappa shape index (κ2) is 12.4. The quantitative estimate of drug-likeness (QED) is 0.531. The number of rotatable bonds is 8. The Morgan fingerprint density at radius 3 is 2.59 bits per heavy atom. The van der Waals surface area contributed by atoms with Crippen LogP contribution in [-0.2, 0) is 14.3 Å². The molecule has 0 heterocycles. The molecular weight excluding hydrogens is 372 g/mol. The maximum Gasteiger partial charge on any atom is 0.331 e. The highest BCUT2D eigenvalue weighted by Gasteiger charge is 2.14. The number of ether oxygens (including phenoxy) is 3. The van der Waals surface area contributed by atoms with Gasteiger partial charge in [-0.1, -0.05) is 38.2 Å². The van der Waals surface area contributed by atoms with Gasteiger partial charge >= 0.3 is 5.97 Å². The summed E-state index contributed by atoms with van der Waals surface area (Å²) in [5.74, 6) is 0.0357. The highest BCUT2D eigenvalue weighted by atomic mass is 16.5. The van der Waals surface area contributed by atoms with Gasteiger partial charge in [0.1, 0.15) is 6.07 Å². The monoisotopic (exact) mass is 400 g/mol. The zero-order chi connectivity index (χ0) is 20.9. The molecule has 0 saturated heterocycles. The Morgan fingerprint density at radius 2 is 1.90 bits per heavy atom. The lowest BCUT2D eigenvalue weighted by atomic mass is 9.97. The molecule has 2 rings (SSSR count). The highest BCUT2D eigenvalue weighted by Crippen LogP contribution is 2.28. The van der Waals surface area contributed by atoms with Gasteiger partial charge in [0.15, 0.2) is 24.7 Å². The number of hydrogen-bond acceptors (Lipinski definition) is 6. The van der Waals surface area contributed by atoms with Crippen molar-refractivity contribution in [3.05, 3.63) is 29.8 Å². The van der Waals surface area contributed by atoms with Crippen molar-refractivity contribution >= 4 is 18.0 Å². The van der Waals surface area contributed by atoms with Gasteiger partial charge in [0, 0.05) is 12.1 Å². The third-order valence-electron chi connectivity index (χ3n) is 4.71. The molecule has 7 heteroatoms. The average molecular weight is 400 g/mol. The summed E-state index contributed by atoms with van der Waals surface area (Å²) in [6.07, 6.45) is 10.7. The molecule has 29 heavy (non-hydrogen) atoms. The molecule has 0 atom stereocenters. The van der Waals surface area contributed by atoms with E-state index in [0.29, 0.717) is 17.1 Å². The van der Waals surface area contributed by atoms with Crippen LogP contribution in [0.5, 0.6) is 11.5 Å². The van der Waals surface area contributed by atoms with Crippen molar-refractivity contribution in [3.8, 4) is 17.6 Å². The fourth-order valence-corrected chi connectivity index (χ4v) is 3.24. The largest absolute Gasteiger partial charge is 0.493 e. The van der Waals surface area contributed by atoms with Gasteiger partial charge in [-0.3, -0.25) is 4.79 Å². The van der Waals surface area contributed by atoms with Crippen molar-refractivity contribution in [2.45, 2.75) is 51.0 Å². The fraction of sp³-hybridized carbons (Fsp3) is 0.500. The van der Waals surface area contributed by atoms with E-state index in [1.54, 1.807) is 24.3 Å². The van der Waals surface area contributed by atoms with Crippen molar-refractivity contribution < 1.29 is 23.8 Å². The first kappa shape index (κ1) is 22.3. The van der Waals surface area contributed by atoms with Crippen molar-refractivity contribution in [3.63, 3.8) is 0 Å². The zero-order valence-electron chi connectivity index (χ0n) is 16.8. The van der Waals surface area contributed by atoms with Crippen molar-refractivity contribution in [2.24, 2.45) is 0 Å². The number of methoxy groups -OCH3 is 1. The zero-order valence-corrected chi connectivity index (χ0v) is 16.8. The second-order valence-corrected chi connectivity index (χ2v) is 6.91. The number of esters is 1. The number of benzene rings is 1. The molecule has 7 nitrogen and oxygen atoms in total. The topological polar surface area (TPSA) is 97.7 Å². The molecule has 156 valence electrons. The van der Waals surface area contributed by atoms with Crippen molar-refractivity contribution in [2.75, 3.05) is 20.3 Å². The van der Waals surface area contributed by atoms with Gasteiger partial charge in [-0.15, -0.1) is 0 Å². The lowest BCUT2D eigenvalue weighted by Gasteiger charge is -2.20. The first-order valence-corrected chi connectivity index (χ1v) is 9.94. The maximum absolute atomic E-state index is 12.0. The molecule has 1 fully saturated rings. The lowest BCUT2D eigenvalue weighted by Crippen LogP contribution is -2.37. The van der Waals surface area contributed by atoms with Gasteiger partial charge in [0.25, 0.3) is 5.91 Å². The van der Waals surface area contributed by atoms with Crippen LogP contribution in [0.4, 0.5) is 0 Å². The molecule has 0 unspecified atom stereocenters. The SMILES string of the molecule is COc1cc(C=CC(=O)OCC(=O)NC2CCCCCCC2)ccc1OCC#N. The number of hydrogen-bond donors (Lipinski definition) is 1. The average Bonchev–Trinajstić information content (AvgIpc) is 2.71. The molecule has 0 spiro atoms. The number of nitrogens with zero attached hydrogens (tertiary/aromatic N) is 1. The smallest absolute Gasteiger partial charge is 0.331 e. The molecular formula is C22H28N2O5. The van der Waals surface area contributed by atoms with Crippen molar-refractivity contribution in [1.82, 2.24) is 5.32 Å². The van der Waals surface area contributed by atoms with Gasteiger partial charge in [-0.2, -0.15) is 5.26 Å². The second-order valence-electron chi connectivity index (χ2n) is 6.91. The Balaban J connectivity index is 1.79. The standard InChI is InChI=1S/C22H28N2O5/c1-27-20-15-17(9-11-19(20)28-14-13-23)10-12-22(26)29-16-21(25)24-18-7-5-3-2-4-6-8-18/h9-12,15,18H,2-8,14,16H2,1H3,(H,24,25). The highest BCUT2D eigenvalue weighted by molar-refractivity contribution is 5.89. The summed E-state index contributed by atoms with van der Waals surface area (Å²) >= 11 is 0. The first-order chi connectivity index (χ1) is 14.1. The summed E-state index contributed by atoms with van der Waals surface area (Å²) in [7, 11) is 1.49. The van der Waals surface area contributed by atoms with Gasteiger partial charge in [0.05, 0.1) is 7.11 Å². The molecule has 1 amide bonds. The Morgan fingerprint density at radius 1 is 1.17 bits per heavy atom. The predicted octanol–water partition coefficient (Wildman–Crippen LogP) is 3.38. The normalized spacial score (nSPS) is 15.0. The van der Waals surface area contributed by atoms with E-state index < -0.39 is 5.97 Å². The molecule has 1 aliphatic carbocycles. The van der Waals surface area contributed by atoms with Crippen LogP contribution in [0.15, 0.2) is 24.3 Å². The summed E-state index contributed by atoms with van der Waals surface area (Å²) in [6.45, 7) is -0.370. The molecule has 0 radical (unpaired) electrons. The Kier molecular flexibility index (Phi) is 9.56. The van der Waals surface area contributed by atoms with Crippen LogP contribution in [0, 0.1) is 11.3 Å². The minimum atomic E-state index is -0.596. The minimum Gasteiger partial charge on any atom is -0.493 e. The lowest BCUT2D eigenvalue weighted by molar-refractivity contribution is -0.144. The third-order valence-corrected chi connectivity index (χ3v) is 4.71. The number of carbonyl (C=O) groups is 2. The van der Waals surface area contributed by atoms with E-state index in [1.807, 2.05) is 6.07 Å². The summed E-state index contributed by atoms with van der Waals surface area (Å²) in [6, 6.07) is 7.12. The van der Waals surface area contributed by atoms with Crippen LogP contribution in [-0.4, -0.2) is 38.2 Å². The van der Waals surface area contributed by atoms with E-state index in [-0.39, 0.29) is 25.2 Å². The van der Waals surface area contributed by atoms with E-state index in [2.05, 4.69) is 5.32 Å². The van der Waals surface area contributed by atoms with Gasteiger partial charge < -0.3 is 19.5 Å². The third kappa shape index (κ3) is 8.26. The molecule has 1 saturated carbocycles. The first-order valence-electron chi connectivity index (χ1n) is 9.94. The Bertz CT molecular complexity index is 746. The molecule has 0 aliphatic heterocycles. The Labute approximate surface area is 171 Å². The molecule has 1 aromatic carbocycles. The number of nitrogens with one attached hydrogen (secondary N) is 1. The summed E-state index contributed by atoms with van der Waals surface area (Å²) in [4.78, 5) is 23.9. The van der Waals surface area contributed by atoms with Gasteiger partial charge in [0.2, 0.25) is 0 Å². The van der Waals surface area contributed by atoms with E-state index >= 15 is 0 Å². The van der Waals surface area contributed by atoms with E-state index in [4.69, 9.17) is 19.5 Å². The molecule has 0 aromatic heterocycles. The van der Waals surface area contributed by atoms with Crippen LogP contribution >= 0.6 is 0 Å². The molecule has 1 aliphatic rings. The van der Waals surface area contributed by atoms with Crippen LogP contribution in [0.3, 0.4) is 0 Å². The van der Waals surface area contributed by atoms with Crippen LogP contribution in [0.25, 0.3) is 6.08 Å². The van der Waals surface area contributed by atoms with Crippen molar-refractivity contribution in [1.29, 1.82) is 5.26 Å². The number of nitriles is 1. The molecule has 0 bridgehead atoms. The predicted molar refractivity (Wildman–Crippen MR) is 108 cm³/mol. The van der Waals surface area contributed by atoms with Crippen LogP contribution < -0.4 is 14.8 Å². The number of amides is 1. The summed E-state index contributed by atoms with van der Waals surface area (Å²) < 4.78 is 15.5. The summed E-state index contributed by atoms with van der Waals surface area (Å²) in [5, 5.41) is 11.5. The minimum absolute atomic E-state index is 0.0825. The van der Waals surface area contributed by atoms with Crippen LogP contribution in [0.1, 0.15) is 50.5 Å². The Hall–Kier alpha value is -3.01. The van der Waals surface area contributed by atoms with E-state index in [0.717, 1.165) is 25.7 Å². The molecule has 1 aromatic rings. The van der Waals surface area contributed by atoms with Gasteiger partial charge in [-0.25, -0.2) is 4.79 Å². The molecule has 1 N–H and O–H groups in total. The maximum atomic E-state index is 12.0. The van der Waals surface area contributed by atoms with Crippen LogP contribution in [0.2, 0.25) is 0 Å². The van der Waals surface area contributed by atoms with Gasteiger partial charge in [-0.05, 0) is 36.6 Å². The summed E-state index contributed by atoms with van der Waals surface area (Å²) in [5.41, 5.74) is 0.696.